The number of aromatic nitrogens is 1. The van der Waals surface area contributed by atoms with Gasteiger partial charge in [-0.15, -0.1) is 0 Å². The predicted molar refractivity (Wildman–Crippen MR) is 114 cm³/mol. The first-order chi connectivity index (χ1) is 15.6. The second-order valence-corrected chi connectivity index (χ2v) is 9.50. The van der Waals surface area contributed by atoms with E-state index in [0.717, 1.165) is 6.07 Å². The van der Waals surface area contributed by atoms with Crippen molar-refractivity contribution in [2.24, 2.45) is 0 Å². The van der Waals surface area contributed by atoms with Gasteiger partial charge >= 0.3 is 6.18 Å². The largest absolute Gasteiger partial charge is 0.452 e. The Morgan fingerprint density at radius 3 is 2.33 bits per heavy atom. The molecule has 1 fully saturated rings. The number of halogens is 4. The van der Waals surface area contributed by atoms with Gasteiger partial charge in [-0.05, 0) is 30.2 Å². The van der Waals surface area contributed by atoms with Crippen molar-refractivity contribution in [3.8, 4) is 11.3 Å². The number of hydrogen-bond acceptors (Lipinski definition) is 5. The highest BCUT2D eigenvalue weighted by atomic mass is 32.2. The normalized spacial score (nSPS) is 15.7. The van der Waals surface area contributed by atoms with Crippen LogP contribution >= 0.6 is 0 Å². The molecule has 0 atom stereocenters. The molecule has 3 aromatic rings. The number of piperazine rings is 1. The van der Waals surface area contributed by atoms with Gasteiger partial charge in [0.05, 0.1) is 10.6 Å². The Morgan fingerprint density at radius 1 is 1.03 bits per heavy atom. The van der Waals surface area contributed by atoms with Gasteiger partial charge in [-0.25, -0.2) is 12.8 Å². The van der Waals surface area contributed by atoms with Crippen molar-refractivity contribution in [2.45, 2.75) is 24.4 Å². The number of aryl methyl sites for hydroxylation is 1. The lowest BCUT2D eigenvalue weighted by molar-refractivity contribution is -0.155. The third-order valence-corrected chi connectivity index (χ3v) is 7.56. The fourth-order valence-electron chi connectivity index (χ4n) is 3.81. The summed E-state index contributed by atoms with van der Waals surface area (Å²) in [6, 6.07) is 11.5. The molecule has 0 saturated carbocycles. The Balaban J connectivity index is 1.60. The first-order valence-electron chi connectivity index (χ1n) is 10.3. The van der Waals surface area contributed by atoms with Crippen LogP contribution in [-0.2, 0) is 22.6 Å². The summed E-state index contributed by atoms with van der Waals surface area (Å²) >= 11 is 0. The number of sulfonamides is 1. The maximum atomic E-state index is 14.1. The number of alkyl halides is 3. The van der Waals surface area contributed by atoms with Crippen molar-refractivity contribution in [1.82, 2.24) is 9.46 Å². The van der Waals surface area contributed by atoms with Crippen LogP contribution in [0.1, 0.15) is 18.2 Å². The number of para-hydroxylation sites is 1. The Kier molecular flexibility index (Phi) is 6.19. The summed E-state index contributed by atoms with van der Waals surface area (Å²) in [4.78, 5) is 1.80. The van der Waals surface area contributed by atoms with E-state index >= 15 is 0 Å². The van der Waals surface area contributed by atoms with Crippen molar-refractivity contribution in [2.75, 3.05) is 31.1 Å². The highest BCUT2D eigenvalue weighted by Crippen LogP contribution is 2.34. The summed E-state index contributed by atoms with van der Waals surface area (Å²) < 4.78 is 85.2. The smallest absolute Gasteiger partial charge is 0.367 e. The van der Waals surface area contributed by atoms with Crippen molar-refractivity contribution in [1.29, 1.82) is 0 Å². The zero-order valence-corrected chi connectivity index (χ0v) is 18.5. The van der Waals surface area contributed by atoms with E-state index in [9.17, 15) is 26.0 Å². The molecule has 0 unspecified atom stereocenters. The molecule has 2 heterocycles. The fourth-order valence-corrected chi connectivity index (χ4v) is 5.55. The van der Waals surface area contributed by atoms with Crippen molar-refractivity contribution < 1.29 is 30.5 Å². The molecule has 4 rings (SSSR count). The minimum absolute atomic E-state index is 0.0124. The molecule has 1 aliphatic rings. The van der Waals surface area contributed by atoms with E-state index < -0.39 is 22.0 Å². The Labute approximate surface area is 188 Å². The van der Waals surface area contributed by atoms with Crippen LogP contribution in [0, 0.1) is 5.82 Å². The molecule has 0 aliphatic carbocycles. The van der Waals surface area contributed by atoms with Crippen LogP contribution in [0.3, 0.4) is 0 Å². The summed E-state index contributed by atoms with van der Waals surface area (Å²) in [6.07, 6.45) is -4.28. The minimum Gasteiger partial charge on any atom is -0.367 e. The Morgan fingerprint density at radius 2 is 1.73 bits per heavy atom. The van der Waals surface area contributed by atoms with Crippen LogP contribution in [0.25, 0.3) is 11.3 Å². The summed E-state index contributed by atoms with van der Waals surface area (Å²) in [5, 5.41) is 3.45. The van der Waals surface area contributed by atoms with E-state index in [1.54, 1.807) is 36.1 Å². The predicted octanol–water partition coefficient (Wildman–Crippen LogP) is 4.57. The van der Waals surface area contributed by atoms with Crippen LogP contribution in [0.2, 0.25) is 0 Å². The number of anilines is 1. The molecule has 0 radical (unpaired) electrons. The van der Waals surface area contributed by atoms with Gasteiger partial charge in [-0.1, -0.05) is 36.3 Å². The van der Waals surface area contributed by atoms with E-state index in [-0.39, 0.29) is 35.1 Å². The van der Waals surface area contributed by atoms with E-state index in [0.29, 0.717) is 30.8 Å². The molecular weight excluding hydrogens is 462 g/mol. The average Bonchev–Trinajstić information content (AvgIpc) is 3.30. The highest BCUT2D eigenvalue weighted by molar-refractivity contribution is 7.89. The fraction of sp³-hybridized carbons (Fsp3) is 0.318. The van der Waals surface area contributed by atoms with Crippen LogP contribution in [0.4, 0.5) is 23.2 Å². The second-order valence-electron chi connectivity index (χ2n) is 7.59. The molecule has 0 spiro atoms. The third-order valence-electron chi connectivity index (χ3n) is 5.58. The molecule has 0 bridgehead atoms. The van der Waals surface area contributed by atoms with Crippen molar-refractivity contribution >= 4 is 15.7 Å². The van der Waals surface area contributed by atoms with Gasteiger partial charge in [-0.3, -0.25) is 0 Å². The van der Waals surface area contributed by atoms with Gasteiger partial charge in [0.25, 0.3) is 0 Å². The maximum Gasteiger partial charge on any atom is 0.452 e. The Bertz CT molecular complexity index is 1250. The molecule has 176 valence electrons. The number of nitrogens with zero attached hydrogens (tertiary/aromatic N) is 3. The maximum absolute atomic E-state index is 14.1. The lowest BCUT2D eigenvalue weighted by atomic mass is 10.1. The van der Waals surface area contributed by atoms with E-state index in [2.05, 4.69) is 9.68 Å². The number of hydrogen-bond donors (Lipinski definition) is 0. The molecule has 0 N–H and O–H groups in total. The SMILES string of the molecule is CCc1ccc(-c2cc(C(F)(F)F)on2)cc1S(=O)(=O)N1CCN(c2ccccc2F)CC1. The summed E-state index contributed by atoms with van der Waals surface area (Å²) in [6.45, 7) is 2.69. The van der Waals surface area contributed by atoms with Gasteiger partial charge in [0.2, 0.25) is 15.8 Å². The molecule has 33 heavy (non-hydrogen) atoms. The van der Waals surface area contributed by atoms with Gasteiger partial charge in [0.15, 0.2) is 0 Å². The summed E-state index contributed by atoms with van der Waals surface area (Å²) in [5.74, 6) is -1.63. The molecule has 11 heteroatoms. The highest BCUT2D eigenvalue weighted by Gasteiger charge is 2.36. The van der Waals surface area contributed by atoms with Gasteiger partial charge in [-0.2, -0.15) is 17.5 Å². The monoisotopic (exact) mass is 483 g/mol. The average molecular weight is 483 g/mol. The van der Waals surface area contributed by atoms with Gasteiger partial charge in [0.1, 0.15) is 11.5 Å². The standard InChI is InChI=1S/C22H21F4N3O3S/c1-2-15-7-8-16(18-14-21(32-27-18)22(24,25)26)13-20(15)33(30,31)29-11-9-28(10-12-29)19-6-4-3-5-17(19)23/h3-8,13-14H,2,9-12H2,1H3. The zero-order valence-electron chi connectivity index (χ0n) is 17.6. The zero-order chi connectivity index (χ0) is 23.8. The second kappa shape index (κ2) is 8.79. The van der Waals surface area contributed by atoms with Crippen molar-refractivity contribution in [3.05, 3.63) is 65.7 Å². The topological polar surface area (TPSA) is 66.7 Å². The van der Waals surface area contributed by atoms with Crippen molar-refractivity contribution in [3.63, 3.8) is 0 Å². The van der Waals surface area contributed by atoms with Crippen LogP contribution < -0.4 is 4.90 Å². The summed E-state index contributed by atoms with van der Waals surface area (Å²) in [7, 11) is -3.94. The number of benzene rings is 2. The van der Waals surface area contributed by atoms with Gasteiger partial charge in [0, 0.05) is 37.8 Å². The van der Waals surface area contributed by atoms with E-state index in [4.69, 9.17) is 0 Å². The minimum atomic E-state index is -4.69. The molecule has 1 saturated heterocycles. The summed E-state index contributed by atoms with van der Waals surface area (Å²) in [5.41, 5.74) is 1.05. The molecule has 1 aliphatic heterocycles. The quantitative estimate of drug-likeness (QED) is 0.498. The molecule has 0 amide bonds. The molecule has 1 aromatic heterocycles. The van der Waals surface area contributed by atoms with E-state index in [1.165, 1.54) is 22.5 Å². The molecular formula is C22H21F4N3O3S. The van der Waals surface area contributed by atoms with Gasteiger partial charge < -0.3 is 9.42 Å². The lowest BCUT2D eigenvalue weighted by Crippen LogP contribution is -2.49. The third kappa shape index (κ3) is 4.60. The molecule has 6 nitrogen and oxygen atoms in total. The molecule has 2 aromatic carbocycles. The van der Waals surface area contributed by atoms with Crippen LogP contribution in [0.5, 0.6) is 0 Å². The lowest BCUT2D eigenvalue weighted by Gasteiger charge is -2.35. The number of rotatable bonds is 5. The van der Waals surface area contributed by atoms with Crippen LogP contribution in [-0.4, -0.2) is 44.1 Å². The van der Waals surface area contributed by atoms with E-state index in [1.807, 2.05) is 0 Å². The van der Waals surface area contributed by atoms with Crippen LogP contribution in [0.15, 0.2) is 57.9 Å². The first kappa shape index (κ1) is 23.2. The Hall–Kier alpha value is -2.92. The first-order valence-corrected chi connectivity index (χ1v) is 11.7.